The van der Waals surface area contributed by atoms with Crippen LogP contribution in [0, 0.1) is 0 Å². The van der Waals surface area contributed by atoms with Crippen LogP contribution in [0.5, 0.6) is 0 Å². The van der Waals surface area contributed by atoms with Crippen LogP contribution < -0.4 is 0 Å². The fourth-order valence-corrected chi connectivity index (χ4v) is 7.46. The van der Waals surface area contributed by atoms with Crippen LogP contribution in [0.15, 0.2) is 50.5 Å². The lowest BCUT2D eigenvalue weighted by Crippen LogP contribution is -2.32. The zero-order chi connectivity index (χ0) is 15.6. The van der Waals surface area contributed by atoms with E-state index in [1.807, 2.05) is 30.0 Å². The molecule has 1 aliphatic rings. The minimum atomic E-state index is -3.36. The second kappa shape index (κ2) is 7.05. The minimum Gasteiger partial charge on any atom is -0.206 e. The average Bonchev–Trinajstić information content (AvgIpc) is 2.82. The van der Waals surface area contributed by atoms with Gasteiger partial charge in [0.2, 0.25) is 0 Å². The van der Waals surface area contributed by atoms with Crippen LogP contribution in [0.1, 0.15) is 17.2 Å². The Morgan fingerprint density at radius 1 is 1.09 bits per heavy atom. The molecule has 1 aliphatic heterocycles. The molecule has 0 radical (unpaired) electrons. The zero-order valence-corrected chi connectivity index (χ0v) is 15.8. The van der Waals surface area contributed by atoms with Gasteiger partial charge in [-0.05, 0) is 40.0 Å². The van der Waals surface area contributed by atoms with E-state index in [-0.39, 0.29) is 0 Å². The highest BCUT2D eigenvalue weighted by Gasteiger charge is 2.29. The topological polar surface area (TPSA) is 37.4 Å². The Hall–Kier alpha value is -0.340. The Morgan fingerprint density at radius 3 is 2.55 bits per heavy atom. The van der Waals surface area contributed by atoms with Gasteiger partial charge in [0.25, 0.3) is 10.0 Å². The van der Waals surface area contributed by atoms with Crippen LogP contribution in [0.2, 0.25) is 0 Å². The molecule has 7 heteroatoms. The molecule has 3 rings (SSSR count). The van der Waals surface area contributed by atoms with Gasteiger partial charge >= 0.3 is 0 Å². The molecule has 0 spiro atoms. The normalized spacial score (nSPS) is 20.7. The first kappa shape index (κ1) is 16.5. The van der Waals surface area contributed by atoms with Gasteiger partial charge in [-0.25, -0.2) is 8.42 Å². The predicted octanol–water partition coefficient (Wildman–Crippen LogP) is 4.38. The highest BCUT2D eigenvalue weighted by molar-refractivity contribution is 9.11. The molecule has 1 saturated heterocycles. The van der Waals surface area contributed by atoms with Crippen molar-refractivity contribution in [1.82, 2.24) is 4.31 Å². The second-order valence-electron chi connectivity index (χ2n) is 5.02. The Labute approximate surface area is 147 Å². The maximum absolute atomic E-state index is 12.7. The fourth-order valence-electron chi connectivity index (χ4n) is 2.49. The minimum absolute atomic E-state index is 0.372. The third-order valence-corrected chi connectivity index (χ3v) is 8.93. The summed E-state index contributed by atoms with van der Waals surface area (Å²) in [6, 6.07) is 13.8. The number of benzene rings is 1. The van der Waals surface area contributed by atoms with Crippen molar-refractivity contribution in [3.63, 3.8) is 0 Å². The van der Waals surface area contributed by atoms with Gasteiger partial charge in [0, 0.05) is 24.1 Å². The lowest BCUT2D eigenvalue weighted by atomic mass is 10.1. The monoisotopic (exact) mass is 417 g/mol. The van der Waals surface area contributed by atoms with Gasteiger partial charge in [-0.1, -0.05) is 30.3 Å². The summed E-state index contributed by atoms with van der Waals surface area (Å²) < 4.78 is 28.3. The molecule has 0 unspecified atom stereocenters. The van der Waals surface area contributed by atoms with Crippen LogP contribution in [0.3, 0.4) is 0 Å². The largest absolute Gasteiger partial charge is 0.252 e. The molecule has 3 nitrogen and oxygen atoms in total. The predicted molar refractivity (Wildman–Crippen MR) is 97.0 cm³/mol. The number of nitrogens with zero attached hydrogens (tertiary/aromatic N) is 1. The lowest BCUT2D eigenvalue weighted by molar-refractivity contribution is 0.429. The van der Waals surface area contributed by atoms with Gasteiger partial charge in [-0.2, -0.15) is 16.1 Å². The molecule has 118 valence electrons. The molecular weight excluding hydrogens is 402 g/mol. The van der Waals surface area contributed by atoms with E-state index in [0.717, 1.165) is 16.0 Å². The summed E-state index contributed by atoms with van der Waals surface area (Å²) in [5.74, 6) is 0.825. The number of halogens is 1. The van der Waals surface area contributed by atoms with Crippen LogP contribution in [0.25, 0.3) is 0 Å². The van der Waals surface area contributed by atoms with Gasteiger partial charge in [-0.3, -0.25) is 0 Å². The van der Waals surface area contributed by atoms with Crippen molar-refractivity contribution in [1.29, 1.82) is 0 Å². The Kier molecular flexibility index (Phi) is 5.29. The van der Waals surface area contributed by atoms with Crippen molar-refractivity contribution in [2.24, 2.45) is 0 Å². The molecule has 1 aromatic carbocycles. The quantitative estimate of drug-likeness (QED) is 0.743. The standard InChI is InChI=1S/C15H16BrNO2S3/c16-14-6-7-15(21-14)22(18,19)17-9-8-13(20-11-10-17)12-4-2-1-3-5-12/h1-7,13H,8-11H2/t13-/m0/s1. The van der Waals surface area contributed by atoms with Gasteiger partial charge in [0.15, 0.2) is 0 Å². The van der Waals surface area contributed by atoms with Crippen LogP contribution in [0.4, 0.5) is 0 Å². The van der Waals surface area contributed by atoms with Crippen molar-refractivity contribution in [2.75, 3.05) is 18.8 Å². The van der Waals surface area contributed by atoms with Crippen molar-refractivity contribution < 1.29 is 8.42 Å². The van der Waals surface area contributed by atoms with Crippen molar-refractivity contribution >= 4 is 49.1 Å². The Bertz CT molecular complexity index is 730. The summed E-state index contributed by atoms with van der Waals surface area (Å²) in [4.78, 5) is 0. The van der Waals surface area contributed by atoms with Gasteiger partial charge in [-0.15, -0.1) is 11.3 Å². The zero-order valence-electron chi connectivity index (χ0n) is 11.8. The number of thiophene rings is 1. The average molecular weight is 418 g/mol. The van der Waals surface area contributed by atoms with E-state index in [0.29, 0.717) is 22.5 Å². The summed E-state index contributed by atoms with van der Waals surface area (Å²) in [6.07, 6.45) is 0.848. The summed E-state index contributed by atoms with van der Waals surface area (Å²) in [7, 11) is -3.36. The van der Waals surface area contributed by atoms with E-state index in [9.17, 15) is 8.42 Å². The third kappa shape index (κ3) is 3.59. The van der Waals surface area contributed by atoms with Crippen molar-refractivity contribution in [2.45, 2.75) is 15.9 Å². The molecule has 0 aliphatic carbocycles. The first-order valence-electron chi connectivity index (χ1n) is 6.99. The van der Waals surface area contributed by atoms with E-state index in [1.165, 1.54) is 16.9 Å². The maximum Gasteiger partial charge on any atom is 0.252 e. The molecule has 1 fully saturated rings. The number of thioether (sulfide) groups is 1. The van der Waals surface area contributed by atoms with Gasteiger partial charge < -0.3 is 0 Å². The summed E-state index contributed by atoms with van der Waals surface area (Å²) in [6.45, 7) is 1.15. The van der Waals surface area contributed by atoms with E-state index in [1.54, 1.807) is 16.4 Å². The smallest absolute Gasteiger partial charge is 0.206 e. The molecule has 22 heavy (non-hydrogen) atoms. The number of hydrogen-bond acceptors (Lipinski definition) is 4. The Morgan fingerprint density at radius 2 is 1.86 bits per heavy atom. The third-order valence-electron chi connectivity index (χ3n) is 3.61. The second-order valence-corrected chi connectivity index (χ2v) is 11.0. The van der Waals surface area contributed by atoms with Crippen molar-refractivity contribution in [3.8, 4) is 0 Å². The molecule has 1 atom stereocenters. The molecule has 1 aromatic heterocycles. The molecule has 2 heterocycles. The Balaban J connectivity index is 1.75. The molecule has 0 N–H and O–H groups in total. The summed E-state index contributed by atoms with van der Waals surface area (Å²) in [5, 5.41) is 0.372. The highest BCUT2D eigenvalue weighted by atomic mass is 79.9. The first-order valence-corrected chi connectivity index (χ1v) is 11.1. The molecule has 2 aromatic rings. The molecule has 0 bridgehead atoms. The van der Waals surface area contributed by atoms with Gasteiger partial charge in [0.1, 0.15) is 4.21 Å². The number of hydrogen-bond donors (Lipinski definition) is 0. The molecule has 0 saturated carbocycles. The van der Waals surface area contributed by atoms with E-state index in [4.69, 9.17) is 0 Å². The van der Waals surface area contributed by atoms with Crippen LogP contribution in [-0.2, 0) is 10.0 Å². The SMILES string of the molecule is O=S(=O)(c1ccc(Br)s1)N1CCS[C@H](c2ccccc2)CC1. The first-order chi connectivity index (χ1) is 10.6. The number of rotatable bonds is 3. The molecular formula is C15H16BrNO2S3. The highest BCUT2D eigenvalue weighted by Crippen LogP contribution is 2.36. The van der Waals surface area contributed by atoms with Crippen molar-refractivity contribution in [3.05, 3.63) is 51.8 Å². The summed E-state index contributed by atoms with van der Waals surface area (Å²) in [5.41, 5.74) is 1.28. The number of sulfonamides is 1. The van der Waals surface area contributed by atoms with E-state index >= 15 is 0 Å². The maximum atomic E-state index is 12.7. The lowest BCUT2D eigenvalue weighted by Gasteiger charge is -2.19. The van der Waals surface area contributed by atoms with Gasteiger partial charge in [0.05, 0.1) is 3.79 Å². The summed E-state index contributed by atoms with van der Waals surface area (Å²) >= 11 is 6.45. The van der Waals surface area contributed by atoms with Crippen LogP contribution in [-0.4, -0.2) is 31.6 Å². The molecule has 0 amide bonds. The fraction of sp³-hybridized carbons (Fsp3) is 0.333. The van der Waals surface area contributed by atoms with Crippen LogP contribution >= 0.6 is 39.0 Å². The van der Waals surface area contributed by atoms with E-state index in [2.05, 4.69) is 28.1 Å². The van der Waals surface area contributed by atoms with E-state index < -0.39 is 10.0 Å².